The molecule has 0 bridgehead atoms. The zero-order chi connectivity index (χ0) is 14.0. The molecule has 0 radical (unpaired) electrons. The van der Waals surface area contributed by atoms with Crippen LogP contribution in [-0.2, 0) is 9.47 Å². The molecule has 0 aromatic rings. The zero-order valence-corrected chi connectivity index (χ0v) is 13.7. The Morgan fingerprint density at radius 1 is 1.20 bits per heavy atom. The summed E-state index contributed by atoms with van der Waals surface area (Å²) in [6, 6.07) is 0.503. The predicted octanol–water partition coefficient (Wildman–Crippen LogP) is 2.69. The van der Waals surface area contributed by atoms with E-state index in [-0.39, 0.29) is 5.60 Å². The molecule has 2 saturated heterocycles. The molecule has 2 aliphatic heterocycles. The summed E-state index contributed by atoms with van der Waals surface area (Å²) in [6.45, 7) is 0.939. The topological polar surface area (TPSA) is 30.5 Å². The lowest BCUT2D eigenvalue weighted by Gasteiger charge is -2.46. The zero-order valence-electron chi connectivity index (χ0n) is 12.9. The summed E-state index contributed by atoms with van der Waals surface area (Å²) in [6.07, 6.45) is 8.00. The highest BCUT2D eigenvalue weighted by molar-refractivity contribution is 7.99. The average Bonchev–Trinajstić information content (AvgIpc) is 3.30. The van der Waals surface area contributed by atoms with Gasteiger partial charge in [-0.05, 0) is 68.9 Å². The minimum Gasteiger partial charge on any atom is -0.380 e. The fourth-order valence-electron chi connectivity index (χ4n) is 4.19. The molecule has 116 valence electrons. The van der Waals surface area contributed by atoms with Crippen molar-refractivity contribution in [2.75, 3.05) is 32.3 Å². The van der Waals surface area contributed by atoms with Crippen molar-refractivity contribution in [2.45, 2.75) is 56.3 Å². The average molecular weight is 299 g/mol. The Bertz CT molecular complexity index is 310. The summed E-state index contributed by atoms with van der Waals surface area (Å²) in [5.41, 5.74) is 0.186. The number of hydrogen-bond acceptors (Lipinski definition) is 4. The second-order valence-corrected chi connectivity index (χ2v) is 7.97. The van der Waals surface area contributed by atoms with Gasteiger partial charge in [-0.15, -0.1) is 0 Å². The molecule has 3 rings (SSSR count). The van der Waals surface area contributed by atoms with Gasteiger partial charge in [-0.25, -0.2) is 0 Å². The second-order valence-electron chi connectivity index (χ2n) is 6.75. The fourth-order valence-corrected chi connectivity index (χ4v) is 5.43. The minimum atomic E-state index is 0.186. The van der Waals surface area contributed by atoms with Gasteiger partial charge >= 0.3 is 0 Å². The molecule has 1 aliphatic carbocycles. The van der Waals surface area contributed by atoms with Gasteiger partial charge in [0.15, 0.2) is 0 Å². The van der Waals surface area contributed by atoms with Gasteiger partial charge in [0.2, 0.25) is 0 Å². The van der Waals surface area contributed by atoms with Crippen LogP contribution in [0.4, 0.5) is 0 Å². The Labute approximate surface area is 127 Å². The van der Waals surface area contributed by atoms with Gasteiger partial charge in [0.25, 0.3) is 0 Å². The van der Waals surface area contributed by atoms with Crippen LogP contribution in [0.15, 0.2) is 0 Å². The Kier molecular flexibility index (Phi) is 4.96. The fraction of sp³-hybridized carbons (Fsp3) is 1.00. The molecule has 1 saturated carbocycles. The molecule has 3 aliphatic rings. The van der Waals surface area contributed by atoms with Crippen LogP contribution in [0.1, 0.15) is 38.5 Å². The molecule has 1 N–H and O–H groups in total. The Balaban J connectivity index is 1.67. The third-order valence-electron chi connectivity index (χ3n) is 5.49. The highest BCUT2D eigenvalue weighted by atomic mass is 32.2. The molecule has 3 unspecified atom stereocenters. The molecule has 1 spiro atoms. The maximum absolute atomic E-state index is 6.24. The Morgan fingerprint density at radius 2 is 1.95 bits per heavy atom. The van der Waals surface area contributed by atoms with Gasteiger partial charge in [-0.3, -0.25) is 0 Å². The van der Waals surface area contributed by atoms with Gasteiger partial charge in [0, 0.05) is 19.8 Å². The third kappa shape index (κ3) is 3.18. The van der Waals surface area contributed by atoms with Gasteiger partial charge in [0.1, 0.15) is 0 Å². The number of nitrogens with one attached hydrogen (secondary N) is 1. The van der Waals surface area contributed by atoms with Crippen LogP contribution in [0, 0.1) is 11.8 Å². The number of rotatable bonds is 5. The van der Waals surface area contributed by atoms with Crippen molar-refractivity contribution in [2.24, 2.45) is 11.8 Å². The molecule has 0 aromatic heterocycles. The van der Waals surface area contributed by atoms with Crippen molar-refractivity contribution >= 4 is 11.8 Å². The van der Waals surface area contributed by atoms with Crippen molar-refractivity contribution in [3.63, 3.8) is 0 Å². The smallest absolute Gasteiger partial charge is 0.0754 e. The van der Waals surface area contributed by atoms with Crippen LogP contribution in [0.2, 0.25) is 0 Å². The maximum Gasteiger partial charge on any atom is 0.0754 e. The highest BCUT2D eigenvalue weighted by Crippen LogP contribution is 2.44. The van der Waals surface area contributed by atoms with E-state index in [4.69, 9.17) is 9.47 Å². The van der Waals surface area contributed by atoms with Crippen LogP contribution in [0.25, 0.3) is 0 Å². The van der Waals surface area contributed by atoms with Crippen LogP contribution in [0.5, 0.6) is 0 Å². The second kappa shape index (κ2) is 6.55. The first-order valence-electron chi connectivity index (χ1n) is 8.20. The van der Waals surface area contributed by atoms with Gasteiger partial charge in [-0.1, -0.05) is 0 Å². The van der Waals surface area contributed by atoms with Crippen molar-refractivity contribution in [1.82, 2.24) is 5.32 Å². The number of likely N-dealkylation sites (N-methyl/N-ethyl adjacent to an activating group) is 1. The van der Waals surface area contributed by atoms with E-state index in [0.717, 1.165) is 12.5 Å². The van der Waals surface area contributed by atoms with E-state index in [1.165, 1.54) is 50.0 Å². The Morgan fingerprint density at radius 3 is 2.55 bits per heavy atom. The standard InChI is InChI=1S/C16H29NO2S/c1-17-14(15(18-2)12-3-4-12)13-5-8-19-16(11-13)6-9-20-10-7-16/h12-15,17H,3-11H2,1-2H3. The van der Waals surface area contributed by atoms with E-state index >= 15 is 0 Å². The molecule has 20 heavy (non-hydrogen) atoms. The summed E-state index contributed by atoms with van der Waals surface area (Å²) < 4.78 is 12.1. The number of hydrogen-bond donors (Lipinski definition) is 1. The SMILES string of the molecule is CNC(C1CCOC2(CCSCC2)C1)C(OC)C1CC1. The van der Waals surface area contributed by atoms with E-state index < -0.39 is 0 Å². The Hall–Kier alpha value is 0.230. The maximum atomic E-state index is 6.24. The van der Waals surface area contributed by atoms with Crippen LogP contribution in [0.3, 0.4) is 0 Å². The quantitative estimate of drug-likeness (QED) is 0.845. The number of ether oxygens (including phenoxy) is 2. The largest absolute Gasteiger partial charge is 0.380 e. The third-order valence-corrected chi connectivity index (χ3v) is 6.47. The summed E-state index contributed by atoms with van der Waals surface area (Å²) >= 11 is 2.08. The molecule has 2 heterocycles. The molecule has 0 aromatic carbocycles. The predicted molar refractivity (Wildman–Crippen MR) is 84.3 cm³/mol. The van der Waals surface area contributed by atoms with Crippen molar-refractivity contribution in [3.8, 4) is 0 Å². The van der Waals surface area contributed by atoms with E-state index in [2.05, 4.69) is 24.1 Å². The summed E-state index contributed by atoms with van der Waals surface area (Å²) in [4.78, 5) is 0. The molecule has 3 nitrogen and oxygen atoms in total. The highest BCUT2D eigenvalue weighted by Gasteiger charge is 2.45. The lowest BCUT2D eigenvalue weighted by Crippen LogP contribution is -2.52. The van der Waals surface area contributed by atoms with E-state index in [0.29, 0.717) is 18.1 Å². The number of thioether (sulfide) groups is 1. The van der Waals surface area contributed by atoms with Gasteiger partial charge in [0.05, 0.1) is 11.7 Å². The van der Waals surface area contributed by atoms with Crippen LogP contribution in [-0.4, -0.2) is 50.0 Å². The monoisotopic (exact) mass is 299 g/mol. The molecule has 3 fully saturated rings. The summed E-state index contributed by atoms with van der Waals surface area (Å²) in [5, 5.41) is 3.58. The molecule has 0 amide bonds. The number of methoxy groups -OCH3 is 1. The van der Waals surface area contributed by atoms with Crippen molar-refractivity contribution < 1.29 is 9.47 Å². The molecular formula is C16H29NO2S. The first-order chi connectivity index (χ1) is 9.78. The molecular weight excluding hydrogens is 270 g/mol. The lowest BCUT2D eigenvalue weighted by molar-refractivity contribution is -0.115. The van der Waals surface area contributed by atoms with Crippen LogP contribution >= 0.6 is 11.8 Å². The molecule has 4 heteroatoms. The summed E-state index contributed by atoms with van der Waals surface area (Å²) in [5.74, 6) is 4.04. The first kappa shape index (κ1) is 15.1. The lowest BCUT2D eigenvalue weighted by atomic mass is 9.76. The van der Waals surface area contributed by atoms with Crippen molar-refractivity contribution in [1.29, 1.82) is 0 Å². The minimum absolute atomic E-state index is 0.186. The van der Waals surface area contributed by atoms with E-state index in [1.54, 1.807) is 0 Å². The van der Waals surface area contributed by atoms with Gasteiger partial charge in [-0.2, -0.15) is 11.8 Å². The molecule has 3 atom stereocenters. The van der Waals surface area contributed by atoms with E-state index in [9.17, 15) is 0 Å². The normalized spacial score (nSPS) is 33.0. The van der Waals surface area contributed by atoms with Crippen molar-refractivity contribution in [3.05, 3.63) is 0 Å². The first-order valence-corrected chi connectivity index (χ1v) is 9.35. The summed E-state index contributed by atoms with van der Waals surface area (Å²) in [7, 11) is 4.00. The van der Waals surface area contributed by atoms with E-state index in [1.807, 2.05) is 7.11 Å². The van der Waals surface area contributed by atoms with Crippen LogP contribution < -0.4 is 5.32 Å². The van der Waals surface area contributed by atoms with Gasteiger partial charge < -0.3 is 14.8 Å².